The van der Waals surface area contributed by atoms with Crippen LogP contribution in [0, 0.1) is 11.8 Å². The second kappa shape index (κ2) is 12.3. The summed E-state index contributed by atoms with van der Waals surface area (Å²) >= 11 is 0. The normalized spacial score (nSPS) is 17.2. The van der Waals surface area contributed by atoms with Crippen molar-refractivity contribution in [1.29, 1.82) is 0 Å². The van der Waals surface area contributed by atoms with Crippen LogP contribution in [-0.2, 0) is 27.2 Å². The standard InChI is InChI=1S/C27H34O7/c1-5-6-7-8-26(28)34-23-12-10-19(16-25(23)32-4)14-21-20(17-33-27(21)29)13-18-9-11-22(30-2)24(15-18)31-3/h9-12,15-16,20-21H,5-8,13-14,17H2,1-4H3/t20-,21+/m0/s1. The highest BCUT2D eigenvalue weighted by Gasteiger charge is 2.37. The number of ether oxygens (including phenoxy) is 5. The van der Waals surface area contributed by atoms with E-state index in [2.05, 4.69) is 6.92 Å². The second-order valence-electron chi connectivity index (χ2n) is 8.51. The molecule has 184 valence electrons. The van der Waals surface area contributed by atoms with Crippen LogP contribution in [0.15, 0.2) is 36.4 Å². The Balaban J connectivity index is 1.69. The van der Waals surface area contributed by atoms with Gasteiger partial charge in [-0.25, -0.2) is 0 Å². The topological polar surface area (TPSA) is 80.3 Å². The lowest BCUT2D eigenvalue weighted by molar-refractivity contribution is -0.141. The summed E-state index contributed by atoms with van der Waals surface area (Å²) in [4.78, 5) is 24.6. The maximum Gasteiger partial charge on any atom is 0.311 e. The van der Waals surface area contributed by atoms with Crippen molar-refractivity contribution >= 4 is 11.9 Å². The minimum absolute atomic E-state index is 0.0349. The average molecular weight is 471 g/mol. The molecule has 7 nitrogen and oxygen atoms in total. The number of hydrogen-bond donors (Lipinski definition) is 0. The van der Waals surface area contributed by atoms with E-state index >= 15 is 0 Å². The highest BCUT2D eigenvalue weighted by Crippen LogP contribution is 2.35. The van der Waals surface area contributed by atoms with Gasteiger partial charge in [-0.1, -0.05) is 31.9 Å². The molecule has 0 aliphatic carbocycles. The number of carbonyl (C=O) groups excluding carboxylic acids is 2. The Morgan fingerprint density at radius 2 is 1.50 bits per heavy atom. The Kier molecular flexibility index (Phi) is 9.19. The zero-order valence-corrected chi connectivity index (χ0v) is 20.4. The second-order valence-corrected chi connectivity index (χ2v) is 8.51. The molecule has 0 aromatic heterocycles. The molecular weight excluding hydrogens is 436 g/mol. The maximum atomic E-state index is 12.5. The van der Waals surface area contributed by atoms with Crippen molar-refractivity contribution < 1.29 is 33.3 Å². The molecule has 34 heavy (non-hydrogen) atoms. The fourth-order valence-electron chi connectivity index (χ4n) is 4.24. The van der Waals surface area contributed by atoms with Gasteiger partial charge in [0.1, 0.15) is 0 Å². The monoisotopic (exact) mass is 470 g/mol. The third kappa shape index (κ3) is 6.43. The lowest BCUT2D eigenvalue weighted by Crippen LogP contribution is -2.20. The SMILES string of the molecule is CCCCCC(=O)Oc1ccc(C[C@H]2C(=O)OC[C@@H]2Cc2ccc(OC)c(OC)c2)cc1OC. The van der Waals surface area contributed by atoms with Crippen LogP contribution in [0.2, 0.25) is 0 Å². The quantitative estimate of drug-likeness (QED) is 0.251. The molecule has 1 saturated heterocycles. The summed E-state index contributed by atoms with van der Waals surface area (Å²) in [5, 5.41) is 0. The van der Waals surface area contributed by atoms with Gasteiger partial charge in [-0.05, 0) is 54.7 Å². The van der Waals surface area contributed by atoms with Crippen molar-refractivity contribution in [3.63, 3.8) is 0 Å². The third-order valence-corrected chi connectivity index (χ3v) is 6.15. The van der Waals surface area contributed by atoms with Gasteiger partial charge < -0.3 is 23.7 Å². The molecule has 7 heteroatoms. The summed E-state index contributed by atoms with van der Waals surface area (Å²) < 4.78 is 27.1. The highest BCUT2D eigenvalue weighted by molar-refractivity contribution is 5.75. The van der Waals surface area contributed by atoms with Crippen molar-refractivity contribution in [3.8, 4) is 23.0 Å². The van der Waals surface area contributed by atoms with E-state index in [0.717, 1.165) is 30.4 Å². The van der Waals surface area contributed by atoms with Crippen LogP contribution >= 0.6 is 0 Å². The van der Waals surface area contributed by atoms with E-state index in [-0.39, 0.29) is 23.8 Å². The molecule has 1 fully saturated rings. The van der Waals surface area contributed by atoms with Gasteiger partial charge in [0, 0.05) is 12.3 Å². The Morgan fingerprint density at radius 3 is 2.15 bits per heavy atom. The predicted octanol–water partition coefficient (Wildman–Crippen LogP) is 4.77. The van der Waals surface area contributed by atoms with Crippen LogP contribution in [0.3, 0.4) is 0 Å². The molecule has 0 N–H and O–H groups in total. The maximum absolute atomic E-state index is 12.5. The lowest BCUT2D eigenvalue weighted by Gasteiger charge is -2.17. The minimum atomic E-state index is -0.278. The van der Waals surface area contributed by atoms with Gasteiger partial charge in [0.05, 0.1) is 33.9 Å². The number of cyclic esters (lactones) is 1. The van der Waals surface area contributed by atoms with E-state index in [0.29, 0.717) is 48.9 Å². The Hall–Kier alpha value is -3.22. The number of rotatable bonds is 12. The molecule has 0 spiro atoms. The smallest absolute Gasteiger partial charge is 0.311 e. The third-order valence-electron chi connectivity index (χ3n) is 6.15. The molecule has 3 rings (SSSR count). The zero-order chi connectivity index (χ0) is 24.5. The van der Waals surface area contributed by atoms with Crippen molar-refractivity contribution in [1.82, 2.24) is 0 Å². The van der Waals surface area contributed by atoms with E-state index in [9.17, 15) is 9.59 Å². The molecule has 2 atom stereocenters. The van der Waals surface area contributed by atoms with Gasteiger partial charge in [0.15, 0.2) is 23.0 Å². The van der Waals surface area contributed by atoms with Crippen LogP contribution < -0.4 is 18.9 Å². The largest absolute Gasteiger partial charge is 0.493 e. The molecule has 1 aliphatic heterocycles. The molecule has 0 saturated carbocycles. The Bertz CT molecular complexity index is 985. The number of unbranched alkanes of at least 4 members (excludes halogenated alkanes) is 2. The van der Waals surface area contributed by atoms with Gasteiger partial charge >= 0.3 is 11.9 Å². The van der Waals surface area contributed by atoms with Gasteiger partial charge in [-0.15, -0.1) is 0 Å². The molecular formula is C27H34O7. The van der Waals surface area contributed by atoms with E-state index in [1.807, 2.05) is 30.3 Å². The summed E-state index contributed by atoms with van der Waals surface area (Å²) in [5.41, 5.74) is 1.97. The first kappa shape index (κ1) is 25.4. The number of carbonyl (C=O) groups is 2. The number of hydrogen-bond acceptors (Lipinski definition) is 7. The van der Waals surface area contributed by atoms with Crippen molar-refractivity contribution in [2.45, 2.75) is 45.4 Å². The first-order chi connectivity index (χ1) is 16.5. The van der Waals surface area contributed by atoms with Crippen LogP contribution in [0.1, 0.15) is 43.7 Å². The molecule has 0 unspecified atom stereocenters. The fraction of sp³-hybridized carbons (Fsp3) is 0.481. The van der Waals surface area contributed by atoms with Crippen LogP contribution in [0.5, 0.6) is 23.0 Å². The summed E-state index contributed by atoms with van der Waals surface area (Å²) in [6.07, 6.45) is 4.42. The van der Waals surface area contributed by atoms with E-state index in [1.54, 1.807) is 20.3 Å². The van der Waals surface area contributed by atoms with Gasteiger partial charge in [-0.2, -0.15) is 0 Å². The van der Waals surface area contributed by atoms with Crippen LogP contribution in [-0.4, -0.2) is 39.9 Å². The minimum Gasteiger partial charge on any atom is -0.493 e. The average Bonchev–Trinajstić information content (AvgIpc) is 3.18. The number of esters is 2. The van der Waals surface area contributed by atoms with Crippen molar-refractivity contribution in [2.24, 2.45) is 11.8 Å². The predicted molar refractivity (Wildman–Crippen MR) is 128 cm³/mol. The van der Waals surface area contributed by atoms with Gasteiger partial charge in [0.25, 0.3) is 0 Å². The summed E-state index contributed by atoms with van der Waals surface area (Å²) in [6, 6.07) is 11.2. The van der Waals surface area contributed by atoms with Crippen molar-refractivity contribution in [3.05, 3.63) is 47.5 Å². The first-order valence-electron chi connectivity index (χ1n) is 11.7. The molecule has 1 aliphatic rings. The van der Waals surface area contributed by atoms with E-state index in [1.165, 1.54) is 7.11 Å². The van der Waals surface area contributed by atoms with Gasteiger partial charge in [-0.3, -0.25) is 9.59 Å². The van der Waals surface area contributed by atoms with E-state index < -0.39 is 0 Å². The lowest BCUT2D eigenvalue weighted by atomic mass is 9.85. The highest BCUT2D eigenvalue weighted by atomic mass is 16.6. The van der Waals surface area contributed by atoms with Crippen LogP contribution in [0.25, 0.3) is 0 Å². The number of methoxy groups -OCH3 is 3. The summed E-state index contributed by atoms with van der Waals surface area (Å²) in [7, 11) is 4.74. The Labute approximate surface area is 201 Å². The first-order valence-corrected chi connectivity index (χ1v) is 11.7. The van der Waals surface area contributed by atoms with E-state index in [4.69, 9.17) is 23.7 Å². The Morgan fingerprint density at radius 1 is 0.882 bits per heavy atom. The fourth-order valence-corrected chi connectivity index (χ4v) is 4.24. The molecule has 0 amide bonds. The molecule has 0 radical (unpaired) electrons. The molecule has 2 aromatic carbocycles. The summed E-state index contributed by atoms with van der Waals surface area (Å²) in [6.45, 7) is 2.47. The number of benzene rings is 2. The molecule has 1 heterocycles. The molecule has 2 aromatic rings. The van der Waals surface area contributed by atoms with Gasteiger partial charge in [0.2, 0.25) is 0 Å². The molecule has 0 bridgehead atoms. The van der Waals surface area contributed by atoms with Crippen molar-refractivity contribution in [2.75, 3.05) is 27.9 Å². The van der Waals surface area contributed by atoms with Crippen LogP contribution in [0.4, 0.5) is 0 Å². The summed E-state index contributed by atoms with van der Waals surface area (Å²) in [5.74, 6) is 1.48. The zero-order valence-electron chi connectivity index (χ0n) is 20.4.